The monoisotopic (exact) mass is 482 g/mol. The average Bonchev–Trinajstić information content (AvgIpc) is 3.15. The molecular formula is C26H30N2O7. The molecule has 0 bridgehead atoms. The van der Waals surface area contributed by atoms with E-state index in [2.05, 4.69) is 27.5 Å². The van der Waals surface area contributed by atoms with Crippen LogP contribution in [0.4, 0.5) is 4.79 Å². The number of nitrogens with one attached hydrogen (secondary N) is 2. The molecule has 3 N–H and O–H groups in total. The number of carbonyl (C=O) groups excluding carboxylic acids is 3. The number of carboxylic acid groups (broad SMARTS) is 1. The number of rotatable bonds is 10. The summed E-state index contributed by atoms with van der Waals surface area (Å²) >= 11 is 0. The fraction of sp³-hybridized carbons (Fsp3) is 0.385. The van der Waals surface area contributed by atoms with Crippen molar-refractivity contribution in [3.63, 3.8) is 0 Å². The van der Waals surface area contributed by atoms with Gasteiger partial charge in [-0.25, -0.2) is 9.59 Å². The molecular weight excluding hydrogens is 452 g/mol. The number of amides is 2. The molecule has 9 nitrogen and oxygen atoms in total. The number of alkyl carbamates (subject to hydrolysis) is 1. The minimum atomic E-state index is -1.40. The summed E-state index contributed by atoms with van der Waals surface area (Å²) in [6.07, 6.45) is -0.851. The molecule has 186 valence electrons. The largest absolute Gasteiger partial charge is 0.480 e. The molecule has 2 aromatic carbocycles. The van der Waals surface area contributed by atoms with E-state index < -0.39 is 41.8 Å². The highest BCUT2D eigenvalue weighted by atomic mass is 16.5. The predicted octanol–water partition coefficient (Wildman–Crippen LogP) is 3.07. The van der Waals surface area contributed by atoms with Crippen LogP contribution in [0.5, 0.6) is 0 Å². The van der Waals surface area contributed by atoms with Gasteiger partial charge in [0.15, 0.2) is 0 Å². The molecule has 0 fully saturated rings. The van der Waals surface area contributed by atoms with E-state index in [1.807, 2.05) is 36.4 Å². The van der Waals surface area contributed by atoms with Gasteiger partial charge in [-0.1, -0.05) is 62.4 Å². The third-order valence-electron chi connectivity index (χ3n) is 6.18. The summed E-state index contributed by atoms with van der Waals surface area (Å²) in [5, 5.41) is 14.3. The summed E-state index contributed by atoms with van der Waals surface area (Å²) in [5.41, 5.74) is 3.49. The number of methoxy groups -OCH3 is 1. The molecule has 3 rings (SSSR count). The van der Waals surface area contributed by atoms with Gasteiger partial charge in [0.1, 0.15) is 12.6 Å². The molecule has 0 unspecified atom stereocenters. The van der Waals surface area contributed by atoms with Crippen LogP contribution in [0.2, 0.25) is 0 Å². The van der Waals surface area contributed by atoms with Crippen molar-refractivity contribution in [3.8, 4) is 11.1 Å². The summed E-state index contributed by atoms with van der Waals surface area (Å²) < 4.78 is 9.96. The molecule has 0 saturated carbocycles. The third kappa shape index (κ3) is 6.17. The van der Waals surface area contributed by atoms with E-state index in [0.29, 0.717) is 0 Å². The highest BCUT2D eigenvalue weighted by molar-refractivity contribution is 5.89. The summed E-state index contributed by atoms with van der Waals surface area (Å²) in [7, 11) is 1.14. The number of ether oxygens (including phenoxy) is 2. The molecule has 0 saturated heterocycles. The molecule has 0 radical (unpaired) electrons. The van der Waals surface area contributed by atoms with Crippen molar-refractivity contribution in [2.24, 2.45) is 5.41 Å². The third-order valence-corrected chi connectivity index (χ3v) is 6.18. The van der Waals surface area contributed by atoms with Crippen molar-refractivity contribution in [2.75, 3.05) is 20.3 Å². The zero-order chi connectivity index (χ0) is 25.6. The lowest BCUT2D eigenvalue weighted by Gasteiger charge is -2.25. The molecule has 35 heavy (non-hydrogen) atoms. The number of hydrogen-bond donors (Lipinski definition) is 3. The topological polar surface area (TPSA) is 131 Å². The quantitative estimate of drug-likeness (QED) is 0.444. The number of fused-ring (bicyclic) bond motifs is 3. The van der Waals surface area contributed by atoms with Crippen LogP contribution in [0.15, 0.2) is 48.5 Å². The highest BCUT2D eigenvalue weighted by Gasteiger charge is 2.33. The first kappa shape index (κ1) is 25.7. The van der Waals surface area contributed by atoms with Gasteiger partial charge in [0.2, 0.25) is 5.91 Å². The van der Waals surface area contributed by atoms with Gasteiger partial charge in [-0.3, -0.25) is 9.59 Å². The van der Waals surface area contributed by atoms with Gasteiger partial charge >= 0.3 is 18.0 Å². The van der Waals surface area contributed by atoms with E-state index in [1.54, 1.807) is 13.8 Å². The maximum Gasteiger partial charge on any atom is 0.407 e. The second kappa shape index (κ2) is 11.0. The molecule has 2 amide bonds. The zero-order valence-corrected chi connectivity index (χ0v) is 20.0. The van der Waals surface area contributed by atoms with E-state index in [4.69, 9.17) is 4.74 Å². The van der Waals surface area contributed by atoms with Crippen LogP contribution in [0.1, 0.15) is 43.7 Å². The van der Waals surface area contributed by atoms with E-state index >= 15 is 0 Å². The number of benzene rings is 2. The summed E-state index contributed by atoms with van der Waals surface area (Å²) in [5.74, 6) is -2.69. The lowest BCUT2D eigenvalue weighted by Crippen LogP contribution is -2.48. The Morgan fingerprint density at radius 3 is 2.11 bits per heavy atom. The Labute approximate surface area is 203 Å². The summed E-state index contributed by atoms with van der Waals surface area (Å²) in [6.45, 7) is 3.57. The molecule has 1 atom stereocenters. The van der Waals surface area contributed by atoms with Crippen molar-refractivity contribution in [2.45, 2.75) is 38.6 Å². The van der Waals surface area contributed by atoms with E-state index in [-0.39, 0.29) is 25.5 Å². The molecule has 0 aliphatic heterocycles. The Morgan fingerprint density at radius 1 is 1.00 bits per heavy atom. The van der Waals surface area contributed by atoms with E-state index in [9.17, 15) is 24.3 Å². The number of esters is 1. The first-order valence-corrected chi connectivity index (χ1v) is 11.3. The van der Waals surface area contributed by atoms with Crippen molar-refractivity contribution in [3.05, 3.63) is 59.7 Å². The standard InChI is InChI=1S/C26H30N2O7/c1-26(2,24(32)28-21(23(30)31)14-22(29)34-3)12-13-27-25(33)35-15-20-18-10-6-4-8-16(18)17-9-5-7-11-19(17)20/h4-11,20-21H,12-15H2,1-3H3,(H,27,33)(H,28,32)(H,30,31)/t21-/m0/s1. The Balaban J connectivity index is 1.50. The van der Waals surface area contributed by atoms with Crippen LogP contribution in [0.3, 0.4) is 0 Å². The first-order chi connectivity index (χ1) is 16.6. The molecule has 1 aliphatic rings. The second-order valence-electron chi connectivity index (χ2n) is 9.03. The normalized spacial score (nSPS) is 13.2. The number of carbonyl (C=O) groups is 4. The molecule has 9 heteroatoms. The molecule has 0 heterocycles. The minimum absolute atomic E-state index is 0.0573. The van der Waals surface area contributed by atoms with E-state index in [1.165, 1.54) is 0 Å². The van der Waals surface area contributed by atoms with Crippen molar-refractivity contribution in [1.29, 1.82) is 0 Å². The Morgan fingerprint density at radius 2 is 1.57 bits per heavy atom. The van der Waals surface area contributed by atoms with Crippen LogP contribution < -0.4 is 10.6 Å². The lowest BCUT2D eigenvalue weighted by molar-refractivity contribution is -0.149. The summed E-state index contributed by atoms with van der Waals surface area (Å²) in [4.78, 5) is 47.7. The van der Waals surface area contributed by atoms with Crippen LogP contribution in [-0.2, 0) is 23.9 Å². The Hall–Kier alpha value is -3.88. The molecule has 1 aliphatic carbocycles. The predicted molar refractivity (Wildman–Crippen MR) is 128 cm³/mol. The van der Waals surface area contributed by atoms with Crippen LogP contribution in [-0.4, -0.2) is 55.3 Å². The second-order valence-corrected chi connectivity index (χ2v) is 9.03. The Kier molecular flexibility index (Phi) is 8.11. The maximum absolute atomic E-state index is 12.6. The van der Waals surface area contributed by atoms with Crippen molar-refractivity contribution >= 4 is 23.9 Å². The first-order valence-electron chi connectivity index (χ1n) is 11.3. The maximum atomic E-state index is 12.6. The van der Waals surface area contributed by atoms with Gasteiger partial charge in [0.05, 0.1) is 13.5 Å². The van der Waals surface area contributed by atoms with Crippen LogP contribution in [0, 0.1) is 5.41 Å². The van der Waals surface area contributed by atoms with Gasteiger partial charge in [-0.05, 0) is 28.7 Å². The fourth-order valence-corrected chi connectivity index (χ4v) is 4.04. The lowest BCUT2D eigenvalue weighted by atomic mass is 9.88. The van der Waals surface area contributed by atoms with E-state index in [0.717, 1.165) is 29.4 Å². The highest BCUT2D eigenvalue weighted by Crippen LogP contribution is 2.44. The van der Waals surface area contributed by atoms with Crippen molar-refractivity contribution in [1.82, 2.24) is 10.6 Å². The zero-order valence-electron chi connectivity index (χ0n) is 20.0. The molecule has 0 spiro atoms. The molecule has 2 aromatic rings. The fourth-order valence-electron chi connectivity index (χ4n) is 4.04. The van der Waals surface area contributed by atoms with Gasteiger partial charge < -0.3 is 25.2 Å². The smallest absolute Gasteiger partial charge is 0.407 e. The number of carboxylic acids is 1. The van der Waals surface area contributed by atoms with Gasteiger partial charge in [0, 0.05) is 17.9 Å². The van der Waals surface area contributed by atoms with Gasteiger partial charge in [0.25, 0.3) is 0 Å². The average molecular weight is 483 g/mol. The van der Waals surface area contributed by atoms with Gasteiger partial charge in [-0.15, -0.1) is 0 Å². The SMILES string of the molecule is COC(=O)C[C@H](NC(=O)C(C)(C)CCNC(=O)OCC1c2ccccc2-c2ccccc21)C(=O)O. The number of hydrogen-bond acceptors (Lipinski definition) is 6. The number of aliphatic carboxylic acids is 1. The van der Waals surface area contributed by atoms with Crippen LogP contribution in [0.25, 0.3) is 11.1 Å². The van der Waals surface area contributed by atoms with Crippen LogP contribution >= 0.6 is 0 Å². The molecule has 0 aromatic heterocycles. The summed E-state index contributed by atoms with van der Waals surface area (Å²) in [6, 6.07) is 14.7. The minimum Gasteiger partial charge on any atom is -0.480 e. The van der Waals surface area contributed by atoms with Crippen molar-refractivity contribution < 1.29 is 33.8 Å². The Bertz CT molecular complexity index is 1070. The van der Waals surface area contributed by atoms with Gasteiger partial charge in [-0.2, -0.15) is 0 Å².